The summed E-state index contributed by atoms with van der Waals surface area (Å²) in [5.41, 5.74) is 2.65. The highest BCUT2D eigenvalue weighted by molar-refractivity contribution is 5.56. The smallest absolute Gasteiger partial charge is 0.378 e. The van der Waals surface area contributed by atoms with Gasteiger partial charge in [-0.05, 0) is 56.5 Å². The van der Waals surface area contributed by atoms with Gasteiger partial charge in [-0.1, -0.05) is 12.1 Å². The first kappa shape index (κ1) is 23.9. The Hall–Kier alpha value is -2.85. The molecule has 2 aliphatic rings. The van der Waals surface area contributed by atoms with Gasteiger partial charge in [-0.25, -0.2) is 9.97 Å². The Morgan fingerprint density at radius 3 is 2.51 bits per heavy atom. The minimum Gasteiger partial charge on any atom is -0.378 e. The number of aryl methyl sites for hydroxylation is 2. The van der Waals surface area contributed by atoms with E-state index in [-0.39, 0.29) is 17.9 Å². The molecule has 4 heterocycles. The molecule has 1 atom stereocenters. The van der Waals surface area contributed by atoms with Crippen LogP contribution in [-0.2, 0) is 19.4 Å². The Kier molecular flexibility index (Phi) is 6.35. The van der Waals surface area contributed by atoms with Crippen LogP contribution in [0.15, 0.2) is 30.3 Å². The number of aliphatic hydroxyl groups is 1. The number of pyridine rings is 2. The molecule has 0 amide bonds. The molecular formula is C25H31F3N6O. The lowest BCUT2D eigenvalue weighted by molar-refractivity contribution is -0.208. The van der Waals surface area contributed by atoms with Crippen molar-refractivity contribution in [1.29, 1.82) is 0 Å². The number of anilines is 2. The Bertz CT molecular complexity index is 1200. The van der Waals surface area contributed by atoms with Crippen LogP contribution < -0.4 is 9.80 Å². The van der Waals surface area contributed by atoms with Crippen molar-refractivity contribution in [3.05, 3.63) is 53.0 Å². The summed E-state index contributed by atoms with van der Waals surface area (Å²) in [6.07, 6.45) is -3.29. The molecule has 1 N–H and O–H groups in total. The van der Waals surface area contributed by atoms with Crippen LogP contribution >= 0.6 is 0 Å². The van der Waals surface area contributed by atoms with Crippen molar-refractivity contribution >= 4 is 17.3 Å². The Balaban J connectivity index is 1.55. The number of imidazole rings is 1. The Labute approximate surface area is 202 Å². The topological polar surface area (TPSA) is 60.1 Å². The average molecular weight is 489 g/mol. The van der Waals surface area contributed by atoms with Gasteiger partial charge in [0.05, 0.1) is 17.9 Å². The second-order valence-corrected chi connectivity index (χ2v) is 9.59. The summed E-state index contributed by atoms with van der Waals surface area (Å²) < 4.78 is 43.1. The van der Waals surface area contributed by atoms with Crippen molar-refractivity contribution in [2.75, 3.05) is 50.1 Å². The first-order valence-electron chi connectivity index (χ1n) is 12.1. The monoisotopic (exact) mass is 488 g/mol. The second-order valence-electron chi connectivity index (χ2n) is 9.59. The van der Waals surface area contributed by atoms with E-state index in [1.54, 1.807) is 30.1 Å². The van der Waals surface area contributed by atoms with Crippen molar-refractivity contribution in [2.24, 2.45) is 0 Å². The van der Waals surface area contributed by atoms with Gasteiger partial charge in [-0.2, -0.15) is 13.2 Å². The molecule has 35 heavy (non-hydrogen) atoms. The van der Waals surface area contributed by atoms with Gasteiger partial charge in [0.25, 0.3) is 0 Å². The van der Waals surface area contributed by atoms with Crippen LogP contribution in [0.5, 0.6) is 0 Å². The molecule has 3 aromatic rings. The van der Waals surface area contributed by atoms with Gasteiger partial charge >= 0.3 is 6.18 Å². The molecule has 1 saturated heterocycles. The van der Waals surface area contributed by atoms with Gasteiger partial charge in [0.2, 0.25) is 0 Å². The average Bonchev–Trinajstić information content (AvgIpc) is 3.20. The Morgan fingerprint density at radius 1 is 1.03 bits per heavy atom. The summed E-state index contributed by atoms with van der Waals surface area (Å²) in [4.78, 5) is 15.4. The van der Waals surface area contributed by atoms with Crippen molar-refractivity contribution in [3.8, 4) is 0 Å². The molecule has 1 fully saturated rings. The van der Waals surface area contributed by atoms with Gasteiger partial charge in [-0.15, -0.1) is 0 Å². The molecule has 1 aliphatic carbocycles. The number of piperazine rings is 1. The fourth-order valence-corrected chi connectivity index (χ4v) is 5.07. The minimum atomic E-state index is -4.82. The van der Waals surface area contributed by atoms with E-state index < -0.39 is 12.3 Å². The van der Waals surface area contributed by atoms with Gasteiger partial charge in [0.1, 0.15) is 17.3 Å². The predicted molar refractivity (Wildman–Crippen MR) is 129 cm³/mol. The molecule has 1 aliphatic heterocycles. The third-order valence-electron chi connectivity index (χ3n) is 7.07. The molecule has 5 rings (SSSR count). The molecule has 0 bridgehead atoms. The zero-order valence-electron chi connectivity index (χ0n) is 20.1. The van der Waals surface area contributed by atoms with Crippen LogP contribution in [0, 0.1) is 0 Å². The second kappa shape index (κ2) is 9.31. The molecular weight excluding hydrogens is 457 g/mol. The maximum Gasteiger partial charge on any atom is 0.420 e. The van der Waals surface area contributed by atoms with Gasteiger partial charge in [0, 0.05) is 38.9 Å². The van der Waals surface area contributed by atoms with Crippen molar-refractivity contribution < 1.29 is 18.3 Å². The van der Waals surface area contributed by atoms with Crippen LogP contribution in [0.2, 0.25) is 0 Å². The minimum absolute atomic E-state index is 0.0954. The summed E-state index contributed by atoms with van der Waals surface area (Å²) >= 11 is 0. The van der Waals surface area contributed by atoms with E-state index in [0.29, 0.717) is 30.4 Å². The van der Waals surface area contributed by atoms with Crippen LogP contribution in [0.1, 0.15) is 41.6 Å². The summed E-state index contributed by atoms with van der Waals surface area (Å²) in [5, 5.41) is 10.5. The normalized spacial score (nSPS) is 18.1. The summed E-state index contributed by atoms with van der Waals surface area (Å²) in [6, 6.07) is 9.26. The largest absolute Gasteiger partial charge is 0.420 e. The predicted octanol–water partition coefficient (Wildman–Crippen LogP) is 3.59. The lowest BCUT2D eigenvalue weighted by atomic mass is 9.96. The highest BCUT2D eigenvalue weighted by Gasteiger charge is 2.43. The molecule has 188 valence electrons. The standard InChI is InChI=1S/C25H31F3N6O/c1-31-12-14-33(15-13-31)22-9-5-8-21-30-19(23(34(21)22)24(35)25(26,27)28)16-32(2)20-11-10-17-6-3-4-7-18(17)29-20/h5,8-11,24,35H,3-4,6-7,12-16H2,1-2H3. The summed E-state index contributed by atoms with van der Waals surface area (Å²) in [6.45, 7) is 3.08. The zero-order chi connectivity index (χ0) is 24.7. The maximum atomic E-state index is 13.9. The maximum absolute atomic E-state index is 13.9. The number of likely N-dealkylation sites (N-methyl/N-ethyl adjacent to an activating group) is 1. The van der Waals surface area contributed by atoms with Crippen LogP contribution in [-0.4, -0.2) is 70.8 Å². The van der Waals surface area contributed by atoms with Crippen LogP contribution in [0.25, 0.3) is 5.65 Å². The molecule has 10 heteroatoms. The Morgan fingerprint density at radius 2 is 1.77 bits per heavy atom. The highest BCUT2D eigenvalue weighted by atomic mass is 19.4. The number of nitrogens with zero attached hydrogens (tertiary/aromatic N) is 6. The van der Waals surface area contributed by atoms with Gasteiger partial charge in [0.15, 0.2) is 6.10 Å². The number of aliphatic hydroxyl groups excluding tert-OH is 1. The fourth-order valence-electron chi connectivity index (χ4n) is 5.07. The number of alkyl halides is 3. The van der Waals surface area contributed by atoms with Crippen LogP contribution in [0.3, 0.4) is 0 Å². The number of hydrogen-bond acceptors (Lipinski definition) is 6. The van der Waals surface area contributed by atoms with Gasteiger partial charge in [-0.3, -0.25) is 4.40 Å². The van der Waals surface area contributed by atoms with Crippen molar-refractivity contribution in [3.63, 3.8) is 0 Å². The van der Waals surface area contributed by atoms with E-state index in [1.165, 1.54) is 9.96 Å². The van der Waals surface area contributed by atoms with E-state index in [2.05, 4.69) is 20.9 Å². The first-order valence-corrected chi connectivity index (χ1v) is 12.1. The highest BCUT2D eigenvalue weighted by Crippen LogP contribution is 2.37. The van der Waals surface area contributed by atoms with E-state index in [4.69, 9.17) is 4.98 Å². The molecule has 3 aromatic heterocycles. The summed E-state index contributed by atoms with van der Waals surface area (Å²) in [7, 11) is 3.82. The molecule has 0 saturated carbocycles. The number of hydrogen-bond donors (Lipinski definition) is 1. The molecule has 0 spiro atoms. The molecule has 1 unspecified atom stereocenters. The van der Waals surface area contributed by atoms with E-state index in [0.717, 1.165) is 44.5 Å². The molecule has 0 radical (unpaired) electrons. The zero-order valence-corrected chi connectivity index (χ0v) is 20.1. The first-order chi connectivity index (χ1) is 16.7. The van der Waals surface area contributed by atoms with E-state index in [1.807, 2.05) is 13.1 Å². The van der Waals surface area contributed by atoms with Crippen molar-refractivity contribution in [2.45, 2.75) is 44.5 Å². The number of rotatable bonds is 5. The third-order valence-corrected chi connectivity index (χ3v) is 7.07. The van der Waals surface area contributed by atoms with E-state index >= 15 is 0 Å². The SMILES string of the molecule is CN1CCN(c2cccc3nc(CN(C)c4ccc5c(n4)CCCC5)c(C(O)C(F)(F)F)n23)CC1. The van der Waals surface area contributed by atoms with Gasteiger partial charge < -0.3 is 19.8 Å². The quantitative estimate of drug-likeness (QED) is 0.593. The number of aromatic nitrogens is 3. The number of halogens is 3. The number of fused-ring (bicyclic) bond motifs is 2. The van der Waals surface area contributed by atoms with Crippen LogP contribution in [0.4, 0.5) is 24.8 Å². The lowest BCUT2D eigenvalue weighted by Crippen LogP contribution is -2.45. The summed E-state index contributed by atoms with van der Waals surface area (Å²) in [5.74, 6) is 1.30. The molecule has 7 nitrogen and oxygen atoms in total. The molecule has 0 aromatic carbocycles. The van der Waals surface area contributed by atoms with Crippen molar-refractivity contribution in [1.82, 2.24) is 19.3 Å². The fraction of sp³-hybridized carbons (Fsp3) is 0.520. The van der Waals surface area contributed by atoms with E-state index in [9.17, 15) is 18.3 Å². The third kappa shape index (κ3) is 4.69. The lowest BCUT2D eigenvalue weighted by Gasteiger charge is -2.34.